The van der Waals surface area contributed by atoms with Crippen LogP contribution < -0.4 is 5.32 Å². The molecule has 2 fully saturated rings. The predicted molar refractivity (Wildman–Crippen MR) is 82.5 cm³/mol. The molecule has 1 N–H and O–H groups in total. The van der Waals surface area contributed by atoms with Gasteiger partial charge in [-0.15, -0.1) is 0 Å². The van der Waals surface area contributed by atoms with E-state index in [0.29, 0.717) is 11.8 Å². The van der Waals surface area contributed by atoms with Gasteiger partial charge in [-0.05, 0) is 43.2 Å². The molecule has 0 aromatic heterocycles. The summed E-state index contributed by atoms with van der Waals surface area (Å²) in [5.41, 5.74) is -0.155. The molecule has 1 amide bonds. The fourth-order valence-corrected chi connectivity index (χ4v) is 4.05. The third-order valence-corrected chi connectivity index (χ3v) is 6.21. The molecule has 1 aromatic carbocycles. The van der Waals surface area contributed by atoms with Gasteiger partial charge in [0.1, 0.15) is 0 Å². The van der Waals surface area contributed by atoms with Gasteiger partial charge in [0.15, 0.2) is 9.84 Å². The SMILES string of the molecule is O=C(NCCS(=O)(=O)c1ccc([N+](=O)[O-])cc1)[C@H]1C[C@H]1C1CC1. The Morgan fingerprint density at radius 3 is 2.48 bits per heavy atom. The van der Waals surface area contributed by atoms with Crippen LogP contribution in [0.3, 0.4) is 0 Å². The number of nitro benzene ring substituents is 1. The van der Waals surface area contributed by atoms with Crippen LogP contribution in [0.4, 0.5) is 5.69 Å². The van der Waals surface area contributed by atoms with E-state index in [4.69, 9.17) is 0 Å². The maximum atomic E-state index is 12.1. The van der Waals surface area contributed by atoms with Crippen molar-refractivity contribution in [1.29, 1.82) is 0 Å². The number of hydrogen-bond acceptors (Lipinski definition) is 5. The highest BCUT2D eigenvalue weighted by Gasteiger charge is 2.50. The molecule has 0 unspecified atom stereocenters. The minimum atomic E-state index is -3.56. The van der Waals surface area contributed by atoms with E-state index in [1.165, 1.54) is 25.0 Å². The molecular weight excluding hydrogens is 320 g/mol. The zero-order valence-electron chi connectivity index (χ0n) is 12.5. The zero-order valence-corrected chi connectivity index (χ0v) is 13.3. The van der Waals surface area contributed by atoms with E-state index in [9.17, 15) is 23.3 Å². The van der Waals surface area contributed by atoms with E-state index >= 15 is 0 Å². The standard InChI is InChI=1S/C15H18N2O5S/c18-15(14-9-13(14)10-1-2-10)16-7-8-23(21,22)12-5-3-11(4-6-12)17(19)20/h3-6,10,13-14H,1-2,7-9H2,(H,16,18)/t13-,14-/m0/s1. The Morgan fingerprint density at radius 1 is 1.26 bits per heavy atom. The first-order valence-corrected chi connectivity index (χ1v) is 9.28. The number of hydrogen-bond donors (Lipinski definition) is 1. The lowest BCUT2D eigenvalue weighted by Crippen LogP contribution is -2.30. The summed E-state index contributed by atoms with van der Waals surface area (Å²) in [5.74, 6) is 0.999. The van der Waals surface area contributed by atoms with Crippen LogP contribution in [0.25, 0.3) is 0 Å². The predicted octanol–water partition coefficient (Wildman–Crippen LogP) is 1.53. The van der Waals surface area contributed by atoms with Crippen molar-refractivity contribution in [2.75, 3.05) is 12.3 Å². The summed E-state index contributed by atoms with van der Waals surface area (Å²) in [6.07, 6.45) is 3.34. The highest BCUT2D eigenvalue weighted by Crippen LogP contribution is 2.54. The second-order valence-corrected chi connectivity index (χ2v) is 8.31. The second-order valence-electron chi connectivity index (χ2n) is 6.20. The summed E-state index contributed by atoms with van der Waals surface area (Å²) in [6, 6.07) is 4.77. The van der Waals surface area contributed by atoms with Crippen molar-refractivity contribution in [1.82, 2.24) is 5.32 Å². The summed E-state index contributed by atoms with van der Waals surface area (Å²) < 4.78 is 24.3. The van der Waals surface area contributed by atoms with E-state index in [0.717, 1.165) is 18.6 Å². The molecule has 2 aliphatic carbocycles. The molecule has 0 heterocycles. The molecule has 7 nitrogen and oxygen atoms in total. The zero-order chi connectivity index (χ0) is 16.6. The average molecular weight is 338 g/mol. The van der Waals surface area contributed by atoms with Crippen molar-refractivity contribution in [2.24, 2.45) is 17.8 Å². The number of non-ortho nitro benzene ring substituents is 1. The van der Waals surface area contributed by atoms with Crippen molar-refractivity contribution < 1.29 is 18.1 Å². The lowest BCUT2D eigenvalue weighted by Gasteiger charge is -2.06. The van der Waals surface area contributed by atoms with Gasteiger partial charge in [0.2, 0.25) is 5.91 Å². The maximum absolute atomic E-state index is 12.1. The third-order valence-electron chi connectivity index (χ3n) is 4.48. The minimum Gasteiger partial charge on any atom is -0.355 e. The lowest BCUT2D eigenvalue weighted by molar-refractivity contribution is -0.384. The second kappa shape index (κ2) is 5.92. The van der Waals surface area contributed by atoms with E-state index in [2.05, 4.69) is 5.32 Å². The highest BCUT2D eigenvalue weighted by molar-refractivity contribution is 7.91. The van der Waals surface area contributed by atoms with E-state index in [1.54, 1.807) is 0 Å². The van der Waals surface area contributed by atoms with Crippen molar-refractivity contribution in [3.8, 4) is 0 Å². The Hall–Kier alpha value is -1.96. The molecule has 0 bridgehead atoms. The molecule has 0 radical (unpaired) electrons. The monoisotopic (exact) mass is 338 g/mol. The first kappa shape index (κ1) is 15.9. The summed E-state index contributed by atoms with van der Waals surface area (Å²) in [4.78, 5) is 21.9. The molecule has 0 aliphatic heterocycles. The van der Waals surface area contributed by atoms with Gasteiger partial charge >= 0.3 is 0 Å². The van der Waals surface area contributed by atoms with Gasteiger partial charge in [-0.3, -0.25) is 14.9 Å². The van der Waals surface area contributed by atoms with E-state index in [1.807, 2.05) is 0 Å². The Labute approximate surface area is 134 Å². The molecule has 2 saturated carbocycles. The van der Waals surface area contributed by atoms with Crippen LogP contribution in [0.1, 0.15) is 19.3 Å². The van der Waals surface area contributed by atoms with Crippen LogP contribution in [-0.2, 0) is 14.6 Å². The Kier molecular flexibility index (Phi) is 4.09. The molecule has 124 valence electrons. The number of benzene rings is 1. The van der Waals surface area contributed by atoms with E-state index in [-0.39, 0.29) is 34.7 Å². The molecule has 3 rings (SSSR count). The van der Waals surface area contributed by atoms with Crippen molar-refractivity contribution >= 4 is 21.4 Å². The van der Waals surface area contributed by atoms with Crippen LogP contribution in [0.5, 0.6) is 0 Å². The first-order chi connectivity index (χ1) is 10.9. The molecule has 2 atom stereocenters. The number of nitro groups is 1. The summed E-state index contributed by atoms with van der Waals surface area (Å²) in [6.45, 7) is 0.0615. The fourth-order valence-electron chi connectivity index (χ4n) is 2.89. The first-order valence-electron chi connectivity index (χ1n) is 7.63. The van der Waals surface area contributed by atoms with Gasteiger partial charge in [-0.2, -0.15) is 0 Å². The van der Waals surface area contributed by atoms with Gasteiger partial charge in [0.05, 0.1) is 15.6 Å². The topological polar surface area (TPSA) is 106 Å². The molecule has 23 heavy (non-hydrogen) atoms. The minimum absolute atomic E-state index is 0.0274. The molecule has 8 heteroatoms. The maximum Gasteiger partial charge on any atom is 0.269 e. The van der Waals surface area contributed by atoms with Gasteiger partial charge < -0.3 is 5.32 Å². The van der Waals surface area contributed by atoms with Crippen LogP contribution in [0, 0.1) is 27.9 Å². The summed E-state index contributed by atoms with van der Waals surface area (Å²) >= 11 is 0. The molecular formula is C15H18N2O5S. The highest BCUT2D eigenvalue weighted by atomic mass is 32.2. The number of carbonyl (C=O) groups is 1. The Balaban J connectivity index is 1.50. The quantitative estimate of drug-likeness (QED) is 0.599. The lowest BCUT2D eigenvalue weighted by atomic mass is 10.2. The van der Waals surface area contributed by atoms with Crippen LogP contribution in [0.2, 0.25) is 0 Å². The van der Waals surface area contributed by atoms with Crippen molar-refractivity contribution in [2.45, 2.75) is 24.2 Å². The van der Waals surface area contributed by atoms with Crippen LogP contribution >= 0.6 is 0 Å². The van der Waals surface area contributed by atoms with E-state index < -0.39 is 14.8 Å². The number of amides is 1. The van der Waals surface area contributed by atoms with Crippen molar-refractivity contribution in [3.05, 3.63) is 34.4 Å². The Morgan fingerprint density at radius 2 is 1.91 bits per heavy atom. The number of rotatable bonds is 7. The number of carbonyl (C=O) groups excluding carboxylic acids is 1. The molecule has 0 saturated heterocycles. The molecule has 2 aliphatic rings. The summed E-state index contributed by atoms with van der Waals surface area (Å²) in [5, 5.41) is 13.3. The third kappa shape index (κ3) is 3.69. The normalized spacial score (nSPS) is 23.3. The van der Waals surface area contributed by atoms with Gasteiger partial charge in [-0.1, -0.05) is 0 Å². The number of nitrogens with one attached hydrogen (secondary N) is 1. The largest absolute Gasteiger partial charge is 0.355 e. The smallest absolute Gasteiger partial charge is 0.269 e. The van der Waals surface area contributed by atoms with Gasteiger partial charge in [0.25, 0.3) is 5.69 Å². The van der Waals surface area contributed by atoms with Gasteiger partial charge in [0, 0.05) is 24.6 Å². The molecule has 1 aromatic rings. The van der Waals surface area contributed by atoms with Gasteiger partial charge in [-0.25, -0.2) is 8.42 Å². The number of nitrogens with zero attached hydrogens (tertiary/aromatic N) is 1. The van der Waals surface area contributed by atoms with Crippen LogP contribution in [-0.4, -0.2) is 31.5 Å². The van der Waals surface area contributed by atoms with Crippen molar-refractivity contribution in [3.63, 3.8) is 0 Å². The Bertz CT molecular complexity index is 725. The number of sulfone groups is 1. The molecule has 0 spiro atoms. The summed E-state index contributed by atoms with van der Waals surface area (Å²) in [7, 11) is -3.56. The van der Waals surface area contributed by atoms with Crippen LogP contribution in [0.15, 0.2) is 29.2 Å². The average Bonchev–Trinajstić information content (AvgIpc) is 3.38. The fraction of sp³-hybridized carbons (Fsp3) is 0.533.